The van der Waals surface area contributed by atoms with Crippen LogP contribution in [0.5, 0.6) is 0 Å². The summed E-state index contributed by atoms with van der Waals surface area (Å²) >= 11 is 3.14. The molecule has 2 aromatic heterocycles. The van der Waals surface area contributed by atoms with Gasteiger partial charge in [-0.05, 0) is 42.7 Å². The van der Waals surface area contributed by atoms with Gasteiger partial charge in [-0.15, -0.1) is 11.3 Å². The molecule has 9 heteroatoms. The molecular formula is C20H21N3O4S2. The van der Waals surface area contributed by atoms with Gasteiger partial charge >= 0.3 is 5.97 Å². The van der Waals surface area contributed by atoms with Crippen LogP contribution >= 0.6 is 23.1 Å². The molecule has 4 heterocycles. The Morgan fingerprint density at radius 2 is 2.17 bits per heavy atom. The molecule has 0 saturated carbocycles. The van der Waals surface area contributed by atoms with Gasteiger partial charge in [0.25, 0.3) is 5.56 Å². The lowest BCUT2D eigenvalue weighted by Gasteiger charge is -2.34. The van der Waals surface area contributed by atoms with Crippen molar-refractivity contribution in [1.29, 1.82) is 0 Å². The molecule has 0 saturated heterocycles. The van der Waals surface area contributed by atoms with Gasteiger partial charge in [-0.25, -0.2) is 9.78 Å². The number of hydrogen-bond acceptors (Lipinski definition) is 7. The molecule has 5 rings (SSSR count). The van der Waals surface area contributed by atoms with Gasteiger partial charge in [0.15, 0.2) is 11.2 Å². The summed E-state index contributed by atoms with van der Waals surface area (Å²) in [7, 11) is 1.35. The predicted molar refractivity (Wildman–Crippen MR) is 109 cm³/mol. The van der Waals surface area contributed by atoms with Crippen molar-refractivity contribution in [2.75, 3.05) is 19.4 Å². The van der Waals surface area contributed by atoms with E-state index in [-0.39, 0.29) is 23.9 Å². The Kier molecular flexibility index (Phi) is 4.74. The molecule has 0 radical (unpaired) electrons. The van der Waals surface area contributed by atoms with Crippen LogP contribution in [-0.4, -0.2) is 45.7 Å². The molecule has 2 atom stereocenters. The maximum atomic E-state index is 13.2. The average Bonchev–Trinajstić information content (AvgIpc) is 3.46. The Hall–Kier alpha value is -2.13. The number of thiophene rings is 1. The first-order valence-corrected chi connectivity index (χ1v) is 11.7. The second-order valence-corrected chi connectivity index (χ2v) is 9.57. The van der Waals surface area contributed by atoms with Gasteiger partial charge in [0.1, 0.15) is 0 Å². The van der Waals surface area contributed by atoms with Gasteiger partial charge in [0, 0.05) is 29.2 Å². The quantitative estimate of drug-likeness (QED) is 0.547. The van der Waals surface area contributed by atoms with Crippen LogP contribution in [0.15, 0.2) is 21.4 Å². The number of hydrogen-bond donors (Lipinski definition) is 0. The summed E-state index contributed by atoms with van der Waals surface area (Å²) in [6, 6.07) is 0.973. The lowest BCUT2D eigenvalue weighted by molar-refractivity contribution is -0.154. The van der Waals surface area contributed by atoms with Crippen molar-refractivity contribution in [2.24, 2.45) is 0 Å². The van der Waals surface area contributed by atoms with E-state index in [0.717, 1.165) is 52.5 Å². The third-order valence-electron chi connectivity index (χ3n) is 5.99. The van der Waals surface area contributed by atoms with Crippen LogP contribution in [0.25, 0.3) is 0 Å². The maximum Gasteiger partial charge on any atom is 0.333 e. The molecule has 0 bridgehead atoms. The molecule has 2 aliphatic heterocycles. The van der Waals surface area contributed by atoms with Crippen LogP contribution in [0.3, 0.4) is 0 Å². The van der Waals surface area contributed by atoms with Crippen LogP contribution in [0.1, 0.15) is 46.6 Å². The Morgan fingerprint density at radius 3 is 3.00 bits per heavy atom. The number of esters is 1. The van der Waals surface area contributed by atoms with E-state index in [1.165, 1.54) is 18.9 Å². The van der Waals surface area contributed by atoms with E-state index < -0.39 is 12.0 Å². The van der Waals surface area contributed by atoms with Crippen LogP contribution in [0.2, 0.25) is 0 Å². The summed E-state index contributed by atoms with van der Waals surface area (Å²) in [6.07, 6.45) is 3.52. The number of thioether (sulfide) groups is 1. The minimum atomic E-state index is -0.703. The maximum absolute atomic E-state index is 13.2. The minimum Gasteiger partial charge on any atom is -0.467 e. The highest BCUT2D eigenvalue weighted by Crippen LogP contribution is 2.37. The van der Waals surface area contributed by atoms with Crippen LogP contribution in [0, 0.1) is 0 Å². The largest absolute Gasteiger partial charge is 0.467 e. The number of ether oxygens (including phenoxy) is 1. The summed E-state index contributed by atoms with van der Waals surface area (Å²) in [4.78, 5) is 46.1. The number of carbonyl (C=O) groups excluding carboxylic acids is 2. The lowest BCUT2D eigenvalue weighted by Crippen LogP contribution is -2.44. The standard InChI is InChI=1S/C20H21N3O4S2/c1-27-19(26)17-13-6-8-28-15(13)5-7-22(17)16(24)9-11-10-29-20-21-14-4-2-3-12(14)18(25)23(11)20/h6,8,11,17H,2-5,7,9-10H2,1H3. The van der Waals surface area contributed by atoms with Crippen molar-refractivity contribution in [3.05, 3.63) is 43.5 Å². The lowest BCUT2D eigenvalue weighted by atomic mass is 9.99. The molecule has 0 N–H and O–H groups in total. The van der Waals surface area contributed by atoms with Gasteiger partial charge in [-0.3, -0.25) is 14.2 Å². The van der Waals surface area contributed by atoms with Crippen molar-refractivity contribution in [3.63, 3.8) is 0 Å². The molecule has 0 fully saturated rings. The zero-order chi connectivity index (χ0) is 20.1. The summed E-state index contributed by atoms with van der Waals surface area (Å²) in [5.74, 6) is 0.107. The second-order valence-electron chi connectivity index (χ2n) is 7.58. The van der Waals surface area contributed by atoms with Gasteiger partial charge in [-0.1, -0.05) is 11.8 Å². The summed E-state index contributed by atoms with van der Waals surface area (Å²) in [6.45, 7) is 0.482. The van der Waals surface area contributed by atoms with E-state index in [9.17, 15) is 14.4 Å². The van der Waals surface area contributed by atoms with Gasteiger partial charge in [-0.2, -0.15) is 0 Å². The number of nitrogens with zero attached hydrogens (tertiary/aromatic N) is 3. The molecule has 7 nitrogen and oxygen atoms in total. The van der Waals surface area contributed by atoms with Crippen molar-refractivity contribution in [1.82, 2.24) is 14.5 Å². The number of methoxy groups -OCH3 is 1. The van der Waals surface area contributed by atoms with Crippen LogP contribution in [-0.2, 0) is 33.6 Å². The third kappa shape index (κ3) is 3.02. The highest BCUT2D eigenvalue weighted by atomic mass is 32.2. The van der Waals surface area contributed by atoms with Gasteiger partial charge in [0.2, 0.25) is 5.91 Å². The van der Waals surface area contributed by atoms with E-state index in [1.807, 2.05) is 11.4 Å². The molecule has 3 aliphatic rings. The van der Waals surface area contributed by atoms with Crippen molar-refractivity contribution in [2.45, 2.75) is 49.3 Å². The van der Waals surface area contributed by atoms with Crippen LogP contribution < -0.4 is 5.56 Å². The molecule has 2 unspecified atom stereocenters. The Bertz CT molecular complexity index is 1060. The fourth-order valence-corrected chi connectivity index (χ4v) is 6.63. The minimum absolute atomic E-state index is 0.00795. The molecule has 0 spiro atoms. The van der Waals surface area contributed by atoms with Crippen molar-refractivity contribution >= 4 is 35.0 Å². The van der Waals surface area contributed by atoms with Gasteiger partial charge in [0.05, 0.1) is 18.8 Å². The Morgan fingerprint density at radius 1 is 1.31 bits per heavy atom. The highest BCUT2D eigenvalue weighted by Gasteiger charge is 2.39. The average molecular weight is 432 g/mol. The third-order valence-corrected chi connectivity index (χ3v) is 8.09. The van der Waals surface area contributed by atoms with Gasteiger partial charge < -0.3 is 9.64 Å². The molecular weight excluding hydrogens is 410 g/mol. The molecule has 0 aromatic carbocycles. The molecule has 1 aliphatic carbocycles. The molecule has 1 amide bonds. The van der Waals surface area contributed by atoms with E-state index in [2.05, 4.69) is 4.98 Å². The second kappa shape index (κ2) is 7.28. The Balaban J connectivity index is 1.42. The molecule has 29 heavy (non-hydrogen) atoms. The first-order chi connectivity index (χ1) is 14.1. The van der Waals surface area contributed by atoms with E-state index >= 15 is 0 Å². The normalized spacial score (nSPS) is 22.2. The number of amides is 1. The van der Waals surface area contributed by atoms with E-state index in [4.69, 9.17) is 4.74 Å². The smallest absolute Gasteiger partial charge is 0.333 e. The zero-order valence-electron chi connectivity index (χ0n) is 16.1. The molecule has 2 aromatic rings. The fourth-order valence-electron chi connectivity index (χ4n) is 4.57. The zero-order valence-corrected chi connectivity index (χ0v) is 17.7. The number of fused-ring (bicyclic) bond motifs is 3. The monoisotopic (exact) mass is 431 g/mol. The van der Waals surface area contributed by atoms with Crippen molar-refractivity contribution < 1.29 is 14.3 Å². The number of carbonyl (C=O) groups is 2. The fraction of sp³-hybridized carbons (Fsp3) is 0.500. The van der Waals surface area contributed by atoms with E-state index in [1.54, 1.807) is 20.8 Å². The topological polar surface area (TPSA) is 81.5 Å². The summed E-state index contributed by atoms with van der Waals surface area (Å²) in [5, 5.41) is 2.67. The first kappa shape index (κ1) is 18.9. The van der Waals surface area contributed by atoms with E-state index in [0.29, 0.717) is 12.3 Å². The SMILES string of the molecule is COC(=O)C1c2ccsc2CCN1C(=O)CC1CSc2nc3c(c(=O)n21)CCC3. The number of aryl methyl sites for hydroxylation is 1. The molecule has 152 valence electrons. The number of aromatic nitrogens is 2. The summed E-state index contributed by atoms with van der Waals surface area (Å²) < 4.78 is 6.70. The van der Waals surface area contributed by atoms with Crippen LogP contribution in [0.4, 0.5) is 0 Å². The Labute approximate surface area is 176 Å². The number of rotatable bonds is 3. The predicted octanol–water partition coefficient (Wildman–Crippen LogP) is 2.13. The first-order valence-electron chi connectivity index (χ1n) is 9.79. The summed E-state index contributed by atoms with van der Waals surface area (Å²) in [5.41, 5.74) is 2.60. The highest BCUT2D eigenvalue weighted by molar-refractivity contribution is 7.99. The van der Waals surface area contributed by atoms with Crippen molar-refractivity contribution in [3.8, 4) is 0 Å².